The number of nitrogens with zero attached hydrogens (tertiary/aromatic N) is 1. The molecule has 1 aromatic carbocycles. The van der Waals surface area contributed by atoms with E-state index < -0.39 is 5.41 Å². The van der Waals surface area contributed by atoms with Crippen molar-refractivity contribution < 1.29 is 9.59 Å². The van der Waals surface area contributed by atoms with Gasteiger partial charge in [-0.1, -0.05) is 11.6 Å². The molecule has 25 heavy (non-hydrogen) atoms. The minimum atomic E-state index is -0.634. The topological polar surface area (TPSA) is 73.5 Å². The van der Waals surface area contributed by atoms with Crippen LogP contribution in [-0.2, 0) is 4.79 Å². The summed E-state index contributed by atoms with van der Waals surface area (Å²) in [6.45, 7) is 6.39. The highest BCUT2D eigenvalue weighted by molar-refractivity contribution is 6.30. The molecule has 1 aromatic rings. The molecule has 138 valence electrons. The third kappa shape index (κ3) is 5.53. The van der Waals surface area contributed by atoms with E-state index >= 15 is 0 Å². The van der Waals surface area contributed by atoms with Gasteiger partial charge in [0, 0.05) is 43.9 Å². The number of nitrogens with one attached hydrogen (secondary N) is 3. The molecular formula is C18H27ClN4O2. The van der Waals surface area contributed by atoms with Crippen LogP contribution in [-0.4, -0.2) is 45.2 Å². The van der Waals surface area contributed by atoms with E-state index in [1.54, 1.807) is 20.9 Å². The number of amides is 3. The van der Waals surface area contributed by atoms with Gasteiger partial charge in [0.2, 0.25) is 5.91 Å². The average molecular weight is 367 g/mol. The van der Waals surface area contributed by atoms with Crippen LogP contribution in [0.4, 0.5) is 10.5 Å². The van der Waals surface area contributed by atoms with E-state index in [1.165, 1.54) is 0 Å². The second kappa shape index (κ2) is 8.43. The molecule has 1 heterocycles. The molecule has 0 aliphatic carbocycles. The van der Waals surface area contributed by atoms with Crippen LogP contribution < -0.4 is 20.9 Å². The number of hydrogen-bond donors (Lipinski definition) is 3. The molecule has 0 bridgehead atoms. The number of urea groups is 1. The molecule has 1 aliphatic heterocycles. The zero-order valence-electron chi connectivity index (χ0n) is 15.1. The number of halogens is 1. The Morgan fingerprint density at radius 2 is 1.92 bits per heavy atom. The molecule has 1 saturated heterocycles. The van der Waals surface area contributed by atoms with Crippen molar-refractivity contribution in [3.05, 3.63) is 29.3 Å². The molecule has 0 aromatic heterocycles. The standard InChI is InChI=1S/C18H27ClN4O2/c1-18(2,16(24)20-3)12-22-17(25)21-10-13-8-9-23(11-13)15-6-4-14(19)5-7-15/h4-7,13H,8-12H2,1-3H3,(H,20,24)(H2,21,22,25). The van der Waals surface area contributed by atoms with Crippen molar-refractivity contribution in [3.8, 4) is 0 Å². The minimum Gasteiger partial charge on any atom is -0.371 e. The zero-order chi connectivity index (χ0) is 18.4. The number of carbonyl (C=O) groups is 2. The maximum atomic E-state index is 12.0. The van der Waals surface area contributed by atoms with Crippen LogP contribution in [0.2, 0.25) is 5.02 Å². The Hall–Kier alpha value is -1.95. The fraction of sp³-hybridized carbons (Fsp3) is 0.556. The van der Waals surface area contributed by atoms with Gasteiger partial charge in [-0.05, 0) is 50.5 Å². The summed E-state index contributed by atoms with van der Waals surface area (Å²) in [7, 11) is 1.59. The molecule has 6 nitrogen and oxygen atoms in total. The van der Waals surface area contributed by atoms with Gasteiger partial charge in [-0.3, -0.25) is 4.79 Å². The number of anilines is 1. The summed E-state index contributed by atoms with van der Waals surface area (Å²) in [4.78, 5) is 26.0. The van der Waals surface area contributed by atoms with Crippen LogP contribution in [0.3, 0.4) is 0 Å². The van der Waals surface area contributed by atoms with Gasteiger partial charge in [0.25, 0.3) is 0 Å². The van der Waals surface area contributed by atoms with Crippen molar-refractivity contribution in [2.45, 2.75) is 20.3 Å². The SMILES string of the molecule is CNC(=O)C(C)(C)CNC(=O)NCC1CCN(c2ccc(Cl)cc2)C1. The maximum Gasteiger partial charge on any atom is 0.314 e. The number of rotatable bonds is 6. The van der Waals surface area contributed by atoms with Crippen molar-refractivity contribution in [2.24, 2.45) is 11.3 Å². The highest BCUT2D eigenvalue weighted by Gasteiger charge is 2.27. The van der Waals surface area contributed by atoms with Crippen molar-refractivity contribution in [1.82, 2.24) is 16.0 Å². The van der Waals surface area contributed by atoms with E-state index in [9.17, 15) is 9.59 Å². The average Bonchev–Trinajstić information content (AvgIpc) is 3.07. The van der Waals surface area contributed by atoms with Gasteiger partial charge in [-0.25, -0.2) is 4.79 Å². The van der Waals surface area contributed by atoms with E-state index in [-0.39, 0.29) is 11.9 Å². The smallest absolute Gasteiger partial charge is 0.314 e. The second-order valence-corrected chi connectivity index (χ2v) is 7.54. The van der Waals surface area contributed by atoms with Gasteiger partial charge in [0.15, 0.2) is 0 Å². The predicted molar refractivity (Wildman–Crippen MR) is 101 cm³/mol. The first-order chi connectivity index (χ1) is 11.8. The lowest BCUT2D eigenvalue weighted by Crippen LogP contribution is -2.47. The first-order valence-electron chi connectivity index (χ1n) is 8.56. The van der Waals surface area contributed by atoms with Gasteiger partial charge in [-0.2, -0.15) is 0 Å². The van der Waals surface area contributed by atoms with Crippen molar-refractivity contribution in [2.75, 3.05) is 38.1 Å². The molecule has 2 rings (SSSR count). The Balaban J connectivity index is 1.72. The quantitative estimate of drug-likeness (QED) is 0.722. The molecule has 0 spiro atoms. The monoisotopic (exact) mass is 366 g/mol. The summed E-state index contributed by atoms with van der Waals surface area (Å²) in [5.41, 5.74) is 0.522. The number of hydrogen-bond acceptors (Lipinski definition) is 3. The van der Waals surface area contributed by atoms with Gasteiger partial charge in [0.1, 0.15) is 0 Å². The second-order valence-electron chi connectivity index (χ2n) is 7.10. The van der Waals surface area contributed by atoms with Gasteiger partial charge < -0.3 is 20.9 Å². The fourth-order valence-electron chi connectivity index (χ4n) is 2.91. The highest BCUT2D eigenvalue weighted by Crippen LogP contribution is 2.24. The van der Waals surface area contributed by atoms with Crippen LogP contribution >= 0.6 is 11.6 Å². The number of benzene rings is 1. The predicted octanol–water partition coefficient (Wildman–Crippen LogP) is 2.24. The summed E-state index contributed by atoms with van der Waals surface area (Å²) in [5.74, 6) is 0.315. The maximum absolute atomic E-state index is 12.0. The van der Waals surface area contributed by atoms with Gasteiger partial charge in [0.05, 0.1) is 5.41 Å². The first-order valence-corrected chi connectivity index (χ1v) is 8.94. The van der Waals surface area contributed by atoms with Crippen molar-refractivity contribution >= 4 is 29.2 Å². The summed E-state index contributed by atoms with van der Waals surface area (Å²) in [5, 5.41) is 9.02. The third-order valence-corrected chi connectivity index (χ3v) is 4.81. The third-order valence-electron chi connectivity index (χ3n) is 4.56. The Labute approximate surface area is 154 Å². The van der Waals surface area contributed by atoms with Crippen LogP contribution in [0.5, 0.6) is 0 Å². The zero-order valence-corrected chi connectivity index (χ0v) is 15.8. The Kier molecular flexibility index (Phi) is 6.53. The molecule has 0 saturated carbocycles. The summed E-state index contributed by atoms with van der Waals surface area (Å²) in [6.07, 6.45) is 1.03. The lowest BCUT2D eigenvalue weighted by molar-refractivity contribution is -0.128. The Morgan fingerprint density at radius 1 is 1.24 bits per heavy atom. The number of carbonyl (C=O) groups excluding carboxylic acids is 2. The van der Waals surface area contributed by atoms with Crippen LogP contribution in [0.1, 0.15) is 20.3 Å². The van der Waals surface area contributed by atoms with E-state index in [0.29, 0.717) is 19.0 Å². The van der Waals surface area contributed by atoms with Crippen LogP contribution in [0.25, 0.3) is 0 Å². The van der Waals surface area contributed by atoms with Crippen molar-refractivity contribution in [1.29, 1.82) is 0 Å². The molecular weight excluding hydrogens is 340 g/mol. The molecule has 3 amide bonds. The van der Waals surface area contributed by atoms with Crippen molar-refractivity contribution in [3.63, 3.8) is 0 Å². The van der Waals surface area contributed by atoms with Crippen LogP contribution in [0, 0.1) is 11.3 Å². The molecule has 1 atom stereocenters. The lowest BCUT2D eigenvalue weighted by atomic mass is 9.92. The van der Waals surface area contributed by atoms with E-state index in [2.05, 4.69) is 20.9 Å². The van der Waals surface area contributed by atoms with E-state index in [4.69, 9.17) is 11.6 Å². The molecule has 7 heteroatoms. The largest absolute Gasteiger partial charge is 0.371 e. The normalized spacial score (nSPS) is 17.3. The van der Waals surface area contributed by atoms with Gasteiger partial charge in [-0.15, -0.1) is 0 Å². The van der Waals surface area contributed by atoms with Crippen LogP contribution in [0.15, 0.2) is 24.3 Å². The highest BCUT2D eigenvalue weighted by atomic mass is 35.5. The van der Waals surface area contributed by atoms with E-state index in [1.807, 2.05) is 24.3 Å². The Morgan fingerprint density at radius 3 is 2.56 bits per heavy atom. The molecule has 3 N–H and O–H groups in total. The molecule has 1 aliphatic rings. The minimum absolute atomic E-state index is 0.0952. The fourth-order valence-corrected chi connectivity index (χ4v) is 3.03. The first kappa shape index (κ1) is 19.4. The molecule has 1 fully saturated rings. The summed E-state index contributed by atoms with van der Waals surface area (Å²) >= 11 is 5.92. The molecule has 0 radical (unpaired) electrons. The van der Waals surface area contributed by atoms with E-state index in [0.717, 1.165) is 30.2 Å². The lowest BCUT2D eigenvalue weighted by Gasteiger charge is -2.23. The summed E-state index contributed by atoms with van der Waals surface area (Å²) in [6, 6.07) is 7.59. The van der Waals surface area contributed by atoms with Gasteiger partial charge >= 0.3 is 6.03 Å². The summed E-state index contributed by atoms with van der Waals surface area (Å²) < 4.78 is 0. The Bertz CT molecular complexity index is 604. The molecule has 1 unspecified atom stereocenters.